The van der Waals surface area contributed by atoms with E-state index in [1.54, 1.807) is 0 Å². The Hall–Kier alpha value is -1.54. The van der Waals surface area contributed by atoms with E-state index in [4.69, 9.17) is 9.15 Å². The van der Waals surface area contributed by atoms with Gasteiger partial charge in [0.15, 0.2) is 0 Å². The lowest BCUT2D eigenvalue weighted by Crippen LogP contribution is -1.97. The van der Waals surface area contributed by atoms with Gasteiger partial charge in [-0.15, -0.1) is 0 Å². The van der Waals surface area contributed by atoms with Crippen molar-refractivity contribution in [3.05, 3.63) is 48.5 Å². The zero-order chi connectivity index (χ0) is 15.1. The van der Waals surface area contributed by atoms with Crippen LogP contribution in [0.3, 0.4) is 0 Å². The summed E-state index contributed by atoms with van der Waals surface area (Å²) in [6.07, 6.45) is 2.90. The lowest BCUT2D eigenvalue weighted by atomic mass is 10.0. The van der Waals surface area contributed by atoms with E-state index < -0.39 is 0 Å². The zero-order valence-corrected chi connectivity index (χ0v) is 13.1. The zero-order valence-electron chi connectivity index (χ0n) is 13.1. The average Bonchev–Trinajstić information content (AvgIpc) is 2.79. The van der Waals surface area contributed by atoms with Crippen LogP contribution < -0.4 is 0 Å². The van der Waals surface area contributed by atoms with E-state index in [9.17, 15) is 0 Å². The number of allylic oxidation sites excluding steroid dienone is 3. The van der Waals surface area contributed by atoms with Crippen LogP contribution in [0.4, 0.5) is 0 Å². The molecule has 0 aromatic carbocycles. The lowest BCUT2D eigenvalue weighted by Gasteiger charge is -2.08. The first-order valence-corrected chi connectivity index (χ1v) is 7.18. The van der Waals surface area contributed by atoms with Crippen LogP contribution in [0.25, 0.3) is 11.1 Å². The fourth-order valence-electron chi connectivity index (χ4n) is 1.94. The molecule has 1 heterocycles. The van der Waals surface area contributed by atoms with Gasteiger partial charge in [0.1, 0.15) is 11.5 Å². The first-order valence-electron chi connectivity index (χ1n) is 7.18. The number of aryl methyl sites for hydroxylation is 1. The quantitative estimate of drug-likeness (QED) is 0.444. The Morgan fingerprint density at radius 3 is 2.50 bits per heavy atom. The van der Waals surface area contributed by atoms with Crippen LogP contribution in [0, 0.1) is 6.92 Å². The summed E-state index contributed by atoms with van der Waals surface area (Å²) in [5.74, 6) is 1.64. The highest BCUT2D eigenvalue weighted by Gasteiger charge is 2.13. The highest BCUT2D eigenvalue weighted by atomic mass is 16.5. The minimum Gasteiger partial charge on any atom is -0.456 e. The molecule has 20 heavy (non-hydrogen) atoms. The fraction of sp³-hybridized carbons (Fsp3) is 0.444. The van der Waals surface area contributed by atoms with E-state index in [0.717, 1.165) is 66.3 Å². The Labute approximate surface area is 122 Å². The molecule has 0 aliphatic carbocycles. The Kier molecular flexibility index (Phi) is 6.53. The molecule has 0 aliphatic heterocycles. The molecule has 1 aromatic heterocycles. The monoisotopic (exact) mass is 274 g/mol. The molecule has 0 amide bonds. The van der Waals surface area contributed by atoms with Crippen molar-refractivity contribution in [3.63, 3.8) is 0 Å². The van der Waals surface area contributed by atoms with Gasteiger partial charge in [0.25, 0.3) is 0 Å². The molecular formula is C18H26O2. The summed E-state index contributed by atoms with van der Waals surface area (Å²) in [5, 5.41) is 0. The van der Waals surface area contributed by atoms with E-state index in [-0.39, 0.29) is 0 Å². The first kappa shape index (κ1) is 16.5. The van der Waals surface area contributed by atoms with Gasteiger partial charge in [-0.2, -0.15) is 0 Å². The second kappa shape index (κ2) is 7.91. The van der Waals surface area contributed by atoms with Gasteiger partial charge in [-0.1, -0.05) is 26.7 Å². The van der Waals surface area contributed by atoms with E-state index in [1.807, 2.05) is 19.9 Å². The molecule has 2 nitrogen and oxygen atoms in total. The molecule has 0 spiro atoms. The van der Waals surface area contributed by atoms with Crippen molar-refractivity contribution in [1.82, 2.24) is 0 Å². The van der Waals surface area contributed by atoms with Crippen molar-refractivity contribution < 1.29 is 9.15 Å². The van der Waals surface area contributed by atoms with Crippen LogP contribution in [0.2, 0.25) is 0 Å². The Morgan fingerprint density at radius 2 is 1.95 bits per heavy atom. The van der Waals surface area contributed by atoms with E-state index >= 15 is 0 Å². The topological polar surface area (TPSA) is 22.4 Å². The molecule has 0 aliphatic rings. The molecule has 2 heteroatoms. The van der Waals surface area contributed by atoms with Gasteiger partial charge >= 0.3 is 0 Å². The Balaban J connectivity index is 2.56. The molecule has 1 rings (SSSR count). The highest BCUT2D eigenvalue weighted by Crippen LogP contribution is 2.30. The summed E-state index contributed by atoms with van der Waals surface area (Å²) in [6, 6.07) is 2.00. The molecule has 0 N–H and O–H groups in total. The van der Waals surface area contributed by atoms with Crippen molar-refractivity contribution in [2.75, 3.05) is 13.2 Å². The smallest absolute Gasteiger partial charge is 0.137 e. The summed E-state index contributed by atoms with van der Waals surface area (Å²) in [6.45, 7) is 19.8. The third kappa shape index (κ3) is 4.53. The summed E-state index contributed by atoms with van der Waals surface area (Å²) in [4.78, 5) is 0. The van der Waals surface area contributed by atoms with E-state index in [2.05, 4.69) is 26.7 Å². The Bertz CT molecular complexity index is 492. The molecule has 0 atom stereocenters. The van der Waals surface area contributed by atoms with Crippen molar-refractivity contribution in [2.45, 2.75) is 40.0 Å². The van der Waals surface area contributed by atoms with Gasteiger partial charge in [0, 0.05) is 18.8 Å². The van der Waals surface area contributed by atoms with Crippen molar-refractivity contribution in [1.29, 1.82) is 0 Å². The van der Waals surface area contributed by atoms with E-state index in [0.29, 0.717) is 0 Å². The number of hydrogen-bond donors (Lipinski definition) is 0. The predicted octanol–water partition coefficient (Wildman–Crippen LogP) is 5.40. The molecule has 0 saturated carbocycles. The molecule has 0 radical (unpaired) electrons. The summed E-state index contributed by atoms with van der Waals surface area (Å²) >= 11 is 0. The second-order valence-corrected chi connectivity index (χ2v) is 5.20. The minimum atomic E-state index is 0.772. The van der Waals surface area contributed by atoms with Crippen LogP contribution in [-0.2, 0) is 4.74 Å². The van der Waals surface area contributed by atoms with Crippen LogP contribution in [0.1, 0.15) is 50.2 Å². The average molecular weight is 274 g/mol. The number of hydrogen-bond acceptors (Lipinski definition) is 2. The van der Waals surface area contributed by atoms with Crippen LogP contribution >= 0.6 is 0 Å². The van der Waals surface area contributed by atoms with Gasteiger partial charge in [-0.3, -0.25) is 0 Å². The molecule has 0 fully saturated rings. The van der Waals surface area contributed by atoms with Crippen LogP contribution in [0.15, 0.2) is 35.8 Å². The molecular weight excluding hydrogens is 248 g/mol. The van der Waals surface area contributed by atoms with Crippen LogP contribution in [0.5, 0.6) is 0 Å². The van der Waals surface area contributed by atoms with Crippen molar-refractivity contribution in [2.24, 2.45) is 0 Å². The van der Waals surface area contributed by atoms with Crippen molar-refractivity contribution >= 4 is 11.1 Å². The molecule has 0 saturated heterocycles. The minimum absolute atomic E-state index is 0.772. The lowest BCUT2D eigenvalue weighted by molar-refractivity contribution is 0.133. The van der Waals surface area contributed by atoms with Gasteiger partial charge in [0.05, 0.1) is 0 Å². The van der Waals surface area contributed by atoms with Gasteiger partial charge < -0.3 is 9.15 Å². The van der Waals surface area contributed by atoms with Crippen molar-refractivity contribution in [3.8, 4) is 0 Å². The maximum Gasteiger partial charge on any atom is 0.137 e. The highest BCUT2D eigenvalue weighted by molar-refractivity contribution is 5.76. The molecule has 110 valence electrons. The third-order valence-electron chi connectivity index (χ3n) is 3.15. The maximum atomic E-state index is 5.81. The van der Waals surface area contributed by atoms with Crippen LogP contribution in [-0.4, -0.2) is 13.2 Å². The number of ether oxygens (including phenoxy) is 1. The van der Waals surface area contributed by atoms with Gasteiger partial charge in [-0.25, -0.2) is 0 Å². The standard InChI is InChI=1S/C18H26O2/c1-7-10-19-11-8-9-14(4)16(6)18-15(5)12-17(20-18)13(2)3/h12H,2,4,6-11H2,1,3,5H3. The maximum absolute atomic E-state index is 5.81. The predicted molar refractivity (Wildman–Crippen MR) is 86.7 cm³/mol. The normalized spacial score (nSPS) is 10.6. The summed E-state index contributed by atoms with van der Waals surface area (Å²) < 4.78 is 11.3. The number of rotatable bonds is 9. The first-order chi connectivity index (χ1) is 9.47. The second-order valence-electron chi connectivity index (χ2n) is 5.20. The SMILES string of the molecule is C=C(CCCOCCC)C(=C)c1oc(C(=C)C)cc1C. The van der Waals surface area contributed by atoms with E-state index in [1.165, 1.54) is 0 Å². The third-order valence-corrected chi connectivity index (χ3v) is 3.15. The largest absolute Gasteiger partial charge is 0.456 e. The molecule has 1 aromatic rings. The Morgan fingerprint density at radius 1 is 1.25 bits per heavy atom. The molecule has 0 unspecified atom stereocenters. The van der Waals surface area contributed by atoms with Gasteiger partial charge in [0.2, 0.25) is 0 Å². The summed E-state index contributed by atoms with van der Waals surface area (Å²) in [5.41, 5.74) is 3.89. The van der Waals surface area contributed by atoms with Gasteiger partial charge in [-0.05, 0) is 55.9 Å². The number of furan rings is 1. The molecule has 0 bridgehead atoms. The fourth-order valence-corrected chi connectivity index (χ4v) is 1.94. The summed E-state index contributed by atoms with van der Waals surface area (Å²) in [7, 11) is 0.